The Balaban J connectivity index is 1.25. The van der Waals surface area contributed by atoms with Gasteiger partial charge in [-0.3, -0.25) is 14.4 Å². The number of aryl methyl sites for hydroxylation is 1. The zero-order valence-electron chi connectivity index (χ0n) is 28.6. The maximum absolute atomic E-state index is 14.0. The van der Waals surface area contributed by atoms with E-state index in [0.717, 1.165) is 41.7 Å². The number of carbonyl (C=O) groups excluding carboxylic acids is 3. The Hall–Kier alpha value is -5.83. The molecule has 4 aromatic carbocycles. The van der Waals surface area contributed by atoms with Crippen LogP contribution in [0.15, 0.2) is 114 Å². The fourth-order valence-corrected chi connectivity index (χ4v) is 8.21. The maximum Gasteiger partial charge on any atom is 0.272 e. The van der Waals surface area contributed by atoms with Crippen LogP contribution in [0.1, 0.15) is 55.6 Å². The molecular formula is C41H36N4O5S2. The van der Waals surface area contributed by atoms with E-state index in [0.29, 0.717) is 38.9 Å². The molecule has 11 heteroatoms. The lowest BCUT2D eigenvalue weighted by Crippen LogP contribution is -2.30. The van der Waals surface area contributed by atoms with Crippen LogP contribution in [0.3, 0.4) is 0 Å². The molecular weight excluding hydrogens is 693 g/mol. The molecule has 0 spiro atoms. The summed E-state index contributed by atoms with van der Waals surface area (Å²) in [5.41, 5.74) is 3.87. The summed E-state index contributed by atoms with van der Waals surface area (Å²) < 4.78 is 10.8. The molecule has 1 aromatic heterocycles. The van der Waals surface area contributed by atoms with E-state index < -0.39 is 17.1 Å². The van der Waals surface area contributed by atoms with Gasteiger partial charge in [0.1, 0.15) is 22.0 Å². The molecule has 1 aliphatic carbocycles. The molecule has 5 aromatic rings. The fraction of sp³-hybridized carbons (Fsp3) is 0.171. The molecule has 9 nitrogen and oxygen atoms in total. The van der Waals surface area contributed by atoms with Gasteiger partial charge < -0.3 is 25.4 Å². The lowest BCUT2D eigenvalue weighted by Gasteiger charge is -2.17. The van der Waals surface area contributed by atoms with Gasteiger partial charge in [-0.05, 0) is 90.9 Å². The van der Waals surface area contributed by atoms with E-state index >= 15 is 0 Å². The first kappa shape index (κ1) is 36.0. The number of nitriles is 1. The molecule has 52 heavy (non-hydrogen) atoms. The summed E-state index contributed by atoms with van der Waals surface area (Å²) in [6.07, 6.45) is 5.44. The van der Waals surface area contributed by atoms with Crippen molar-refractivity contribution in [1.82, 2.24) is 5.32 Å². The standard InChI is InChI=1S/C41H36N4O5S2/c1-49-34-21-20-26(23-35(34)50-2)22-33(44-38(46)28-14-7-4-8-15-28)39(47)43-29-16-11-17-30(24-29)51-37(27-12-5-3-6-13-27)40(48)45-41-32(25-42)31-18-9-10-19-36(31)52-41/h3-8,11-17,20-24,37H,9-10,18-19H2,1-2H3,(H,43,47)(H,44,46)(H,45,48)/b33-22+. The number of ether oxygens (including phenoxy) is 2. The topological polar surface area (TPSA) is 130 Å². The quantitative estimate of drug-likeness (QED) is 0.0869. The number of carbonyl (C=O) groups is 3. The number of hydrogen-bond acceptors (Lipinski definition) is 8. The average Bonchev–Trinajstić information content (AvgIpc) is 3.54. The summed E-state index contributed by atoms with van der Waals surface area (Å²) >= 11 is 2.83. The number of hydrogen-bond donors (Lipinski definition) is 3. The minimum Gasteiger partial charge on any atom is -0.493 e. The first-order chi connectivity index (χ1) is 25.4. The summed E-state index contributed by atoms with van der Waals surface area (Å²) in [6, 6.07) is 32.7. The number of amides is 3. The minimum absolute atomic E-state index is 0.00705. The zero-order valence-corrected chi connectivity index (χ0v) is 30.2. The summed E-state index contributed by atoms with van der Waals surface area (Å²) in [4.78, 5) is 42.9. The highest BCUT2D eigenvalue weighted by Gasteiger charge is 2.27. The van der Waals surface area contributed by atoms with E-state index in [1.807, 2.05) is 36.4 Å². The Labute approximate surface area is 310 Å². The molecule has 1 atom stereocenters. The van der Waals surface area contributed by atoms with Crippen LogP contribution >= 0.6 is 23.1 Å². The molecule has 0 bridgehead atoms. The van der Waals surface area contributed by atoms with Crippen LogP contribution < -0.4 is 25.4 Å². The largest absolute Gasteiger partial charge is 0.493 e. The van der Waals surface area contributed by atoms with Gasteiger partial charge in [-0.1, -0.05) is 60.7 Å². The van der Waals surface area contributed by atoms with Crippen molar-refractivity contribution in [2.24, 2.45) is 0 Å². The number of methoxy groups -OCH3 is 2. The second-order valence-electron chi connectivity index (χ2n) is 11.9. The van der Waals surface area contributed by atoms with Crippen molar-refractivity contribution in [3.05, 3.63) is 142 Å². The number of thioether (sulfide) groups is 1. The van der Waals surface area contributed by atoms with Gasteiger partial charge in [0.05, 0.1) is 19.8 Å². The Bertz CT molecular complexity index is 2160. The predicted octanol–water partition coefficient (Wildman–Crippen LogP) is 8.40. The van der Waals surface area contributed by atoms with Gasteiger partial charge in [0.2, 0.25) is 5.91 Å². The van der Waals surface area contributed by atoms with Crippen LogP contribution in [-0.4, -0.2) is 31.9 Å². The summed E-state index contributed by atoms with van der Waals surface area (Å²) in [7, 11) is 3.05. The molecule has 0 aliphatic heterocycles. The van der Waals surface area contributed by atoms with Gasteiger partial charge >= 0.3 is 0 Å². The lowest BCUT2D eigenvalue weighted by atomic mass is 9.96. The number of rotatable bonds is 12. The molecule has 3 amide bonds. The molecule has 0 radical (unpaired) electrons. The van der Waals surface area contributed by atoms with Crippen molar-refractivity contribution in [2.75, 3.05) is 24.9 Å². The first-order valence-electron chi connectivity index (χ1n) is 16.7. The molecule has 262 valence electrons. The van der Waals surface area contributed by atoms with Crippen molar-refractivity contribution < 1.29 is 23.9 Å². The van der Waals surface area contributed by atoms with Gasteiger partial charge in [-0.2, -0.15) is 5.26 Å². The average molecular weight is 729 g/mol. The molecule has 1 unspecified atom stereocenters. The maximum atomic E-state index is 14.0. The lowest BCUT2D eigenvalue weighted by molar-refractivity contribution is -0.116. The molecule has 0 saturated carbocycles. The normalized spacial score (nSPS) is 12.8. The number of anilines is 2. The van der Waals surface area contributed by atoms with Crippen molar-refractivity contribution >= 4 is 57.6 Å². The van der Waals surface area contributed by atoms with E-state index in [1.165, 1.54) is 42.2 Å². The number of fused-ring (bicyclic) bond motifs is 1. The smallest absolute Gasteiger partial charge is 0.272 e. The highest BCUT2D eigenvalue weighted by Crippen LogP contribution is 2.41. The van der Waals surface area contributed by atoms with E-state index in [9.17, 15) is 19.6 Å². The minimum atomic E-state index is -0.650. The second kappa shape index (κ2) is 16.9. The van der Waals surface area contributed by atoms with E-state index in [2.05, 4.69) is 22.0 Å². The molecule has 6 rings (SSSR count). The highest BCUT2D eigenvalue weighted by atomic mass is 32.2. The van der Waals surface area contributed by atoms with Gasteiger partial charge in [-0.25, -0.2) is 0 Å². The van der Waals surface area contributed by atoms with Crippen LogP contribution in [0.2, 0.25) is 0 Å². The zero-order chi connectivity index (χ0) is 36.5. The fourth-order valence-electron chi connectivity index (χ4n) is 5.88. The third-order valence-electron chi connectivity index (χ3n) is 8.45. The van der Waals surface area contributed by atoms with Crippen LogP contribution in [-0.2, 0) is 22.4 Å². The monoisotopic (exact) mass is 728 g/mol. The van der Waals surface area contributed by atoms with E-state index in [1.54, 1.807) is 72.8 Å². The SMILES string of the molecule is COc1ccc(/C=C(/NC(=O)c2ccccc2)C(=O)Nc2cccc(SC(C(=O)Nc3sc4c(c3C#N)CCCC4)c3ccccc3)c2)cc1OC. The van der Waals surface area contributed by atoms with Crippen LogP contribution in [0.25, 0.3) is 6.08 Å². The Morgan fingerprint density at radius 2 is 1.58 bits per heavy atom. The van der Waals surface area contributed by atoms with Gasteiger partial charge in [-0.15, -0.1) is 23.1 Å². The number of nitrogens with one attached hydrogen (secondary N) is 3. The van der Waals surface area contributed by atoms with Crippen molar-refractivity contribution in [3.8, 4) is 17.6 Å². The number of thiophene rings is 1. The molecule has 1 heterocycles. The summed E-state index contributed by atoms with van der Waals surface area (Å²) in [5.74, 6) is -0.256. The number of benzene rings is 4. The van der Waals surface area contributed by atoms with Crippen LogP contribution in [0, 0.1) is 11.3 Å². The van der Waals surface area contributed by atoms with Gasteiger partial charge in [0.25, 0.3) is 11.8 Å². The van der Waals surface area contributed by atoms with Crippen molar-refractivity contribution in [1.29, 1.82) is 5.26 Å². The highest BCUT2D eigenvalue weighted by molar-refractivity contribution is 8.00. The third kappa shape index (κ3) is 8.54. The molecule has 0 fully saturated rings. The van der Waals surface area contributed by atoms with Crippen molar-refractivity contribution in [2.45, 2.75) is 35.8 Å². The molecule has 1 aliphatic rings. The number of nitrogens with zero attached hydrogens (tertiary/aromatic N) is 1. The Morgan fingerprint density at radius 1 is 0.846 bits per heavy atom. The second-order valence-corrected chi connectivity index (χ2v) is 14.2. The van der Waals surface area contributed by atoms with Gasteiger partial charge in [0, 0.05) is 21.0 Å². The Kier molecular flexibility index (Phi) is 11.7. The predicted molar refractivity (Wildman–Crippen MR) is 206 cm³/mol. The molecule has 3 N–H and O–H groups in total. The van der Waals surface area contributed by atoms with E-state index in [4.69, 9.17) is 9.47 Å². The van der Waals surface area contributed by atoms with Crippen LogP contribution in [0.4, 0.5) is 10.7 Å². The Morgan fingerprint density at radius 3 is 2.31 bits per heavy atom. The first-order valence-corrected chi connectivity index (χ1v) is 18.3. The van der Waals surface area contributed by atoms with Crippen molar-refractivity contribution in [3.63, 3.8) is 0 Å². The summed E-state index contributed by atoms with van der Waals surface area (Å²) in [6.45, 7) is 0. The summed E-state index contributed by atoms with van der Waals surface area (Å²) in [5, 5.41) is 18.7. The van der Waals surface area contributed by atoms with E-state index in [-0.39, 0.29) is 11.6 Å². The third-order valence-corrected chi connectivity index (χ3v) is 10.9. The molecule has 0 saturated heterocycles. The van der Waals surface area contributed by atoms with Gasteiger partial charge in [0.15, 0.2) is 11.5 Å². The van der Waals surface area contributed by atoms with Crippen LogP contribution in [0.5, 0.6) is 11.5 Å².